The predicted octanol–water partition coefficient (Wildman–Crippen LogP) is 6.50. The van der Waals surface area contributed by atoms with Crippen LogP contribution in [0.1, 0.15) is 67.5 Å². The monoisotopic (exact) mass is 708 g/mol. The summed E-state index contributed by atoms with van der Waals surface area (Å²) in [5.41, 5.74) is 6.50. The van der Waals surface area contributed by atoms with E-state index in [4.69, 9.17) is 4.74 Å². The molecule has 9 nitrogen and oxygen atoms in total. The zero-order valence-electron chi connectivity index (χ0n) is 27.3. The first-order valence-corrected chi connectivity index (χ1v) is 16.8. The normalized spacial score (nSPS) is 18.9. The van der Waals surface area contributed by atoms with Gasteiger partial charge in [-0.1, -0.05) is 39.7 Å². The Morgan fingerprint density at radius 3 is 2.44 bits per heavy atom. The van der Waals surface area contributed by atoms with E-state index in [0.29, 0.717) is 51.8 Å². The van der Waals surface area contributed by atoms with Gasteiger partial charge in [0, 0.05) is 42.6 Å². The van der Waals surface area contributed by atoms with Gasteiger partial charge in [0.1, 0.15) is 12.1 Å². The standard InChI is InChI=1S/C38H37BrN4O5/c1-22-5-7-32(23(2)13-22)38(47)48-31-16-25(17-31)20-41-35(44)29-14-26(15-30(39)18-29)21-43-24(3)36(45)42(4)34-19-28(6-8-33(34)37(43)46)27-9-11-40-12-10-27/h5-15,18-19,24-25,31H,16-17,20-21H2,1-4H3,(H,41,44)/t24-,25?,31?/m1/s1. The first kappa shape index (κ1) is 33.1. The number of rotatable bonds is 8. The second kappa shape index (κ2) is 13.7. The third-order valence-corrected chi connectivity index (χ3v) is 9.67. The minimum atomic E-state index is -0.730. The van der Waals surface area contributed by atoms with Crippen LogP contribution in [0.2, 0.25) is 0 Å². The quantitative estimate of drug-likeness (QED) is 0.209. The number of amides is 3. The Morgan fingerprint density at radius 1 is 0.958 bits per heavy atom. The Morgan fingerprint density at radius 2 is 1.71 bits per heavy atom. The summed E-state index contributed by atoms with van der Waals surface area (Å²) in [5.74, 6) is -0.824. The molecule has 2 heterocycles. The number of aromatic nitrogens is 1. The number of nitrogens with zero attached hydrogens (tertiary/aromatic N) is 3. The third-order valence-electron chi connectivity index (χ3n) is 9.21. The van der Waals surface area contributed by atoms with Gasteiger partial charge in [0.15, 0.2) is 0 Å². The number of benzene rings is 3. The molecule has 0 spiro atoms. The maximum Gasteiger partial charge on any atom is 0.338 e. The number of ether oxygens (including phenoxy) is 1. The van der Waals surface area contributed by atoms with Crippen molar-refractivity contribution in [3.63, 3.8) is 0 Å². The van der Waals surface area contributed by atoms with Crippen LogP contribution >= 0.6 is 15.9 Å². The number of hydrogen-bond donors (Lipinski definition) is 1. The molecule has 0 unspecified atom stereocenters. The number of pyridine rings is 1. The maximum absolute atomic E-state index is 13.9. The van der Waals surface area contributed by atoms with Gasteiger partial charge in [-0.15, -0.1) is 0 Å². The molecule has 0 bridgehead atoms. The van der Waals surface area contributed by atoms with Gasteiger partial charge < -0.3 is 19.9 Å². The predicted molar refractivity (Wildman–Crippen MR) is 187 cm³/mol. The molecule has 6 rings (SSSR count). The van der Waals surface area contributed by atoms with Crippen LogP contribution in [-0.2, 0) is 16.1 Å². The largest absolute Gasteiger partial charge is 0.459 e. The van der Waals surface area contributed by atoms with E-state index in [9.17, 15) is 19.2 Å². The summed E-state index contributed by atoms with van der Waals surface area (Å²) in [6, 6.07) is 19.5. The van der Waals surface area contributed by atoms with Crippen LogP contribution < -0.4 is 10.2 Å². The van der Waals surface area contributed by atoms with Gasteiger partial charge in [0.2, 0.25) is 5.91 Å². The second-order valence-electron chi connectivity index (χ2n) is 12.7. The highest BCUT2D eigenvalue weighted by Crippen LogP contribution is 2.33. The topological polar surface area (TPSA) is 109 Å². The molecule has 48 heavy (non-hydrogen) atoms. The van der Waals surface area contributed by atoms with Crippen molar-refractivity contribution in [2.75, 3.05) is 18.5 Å². The molecule has 3 amide bonds. The fraction of sp³-hybridized carbons (Fsp3) is 0.289. The summed E-state index contributed by atoms with van der Waals surface area (Å²) in [4.78, 5) is 60.5. The lowest BCUT2D eigenvalue weighted by Crippen LogP contribution is -2.45. The Hall–Kier alpha value is -4.83. The summed E-state index contributed by atoms with van der Waals surface area (Å²) in [7, 11) is 1.69. The fourth-order valence-corrected chi connectivity index (χ4v) is 6.93. The summed E-state index contributed by atoms with van der Waals surface area (Å²) >= 11 is 3.52. The Kier molecular flexibility index (Phi) is 9.46. The first-order valence-electron chi connectivity index (χ1n) is 16.0. The molecular formula is C38H37BrN4O5. The van der Waals surface area contributed by atoms with Crippen LogP contribution in [0.3, 0.4) is 0 Å². The maximum atomic E-state index is 13.9. The van der Waals surface area contributed by atoms with Crippen LogP contribution in [0.4, 0.5) is 5.69 Å². The molecular weight excluding hydrogens is 672 g/mol. The van der Waals surface area contributed by atoms with Crippen LogP contribution in [0.5, 0.6) is 0 Å². The number of anilines is 1. The molecule has 1 aliphatic carbocycles. The fourth-order valence-electron chi connectivity index (χ4n) is 6.39. The van der Waals surface area contributed by atoms with Gasteiger partial charge in [-0.3, -0.25) is 19.4 Å². The third kappa shape index (κ3) is 6.89. The molecule has 1 aromatic heterocycles. The van der Waals surface area contributed by atoms with E-state index in [1.54, 1.807) is 55.5 Å². The second-order valence-corrected chi connectivity index (χ2v) is 13.6. The van der Waals surface area contributed by atoms with Crippen molar-refractivity contribution in [2.24, 2.45) is 5.92 Å². The molecule has 4 aromatic rings. The summed E-state index contributed by atoms with van der Waals surface area (Å²) in [5, 5.41) is 3.01. The van der Waals surface area contributed by atoms with Gasteiger partial charge in [-0.05, 0) is 110 Å². The first-order chi connectivity index (χ1) is 23.0. The van der Waals surface area contributed by atoms with Crippen molar-refractivity contribution in [2.45, 2.75) is 52.3 Å². The Balaban J connectivity index is 1.10. The molecule has 1 saturated carbocycles. The van der Waals surface area contributed by atoms with Gasteiger partial charge >= 0.3 is 5.97 Å². The van der Waals surface area contributed by atoms with E-state index in [-0.39, 0.29) is 42.3 Å². The Bertz CT molecular complexity index is 1910. The van der Waals surface area contributed by atoms with E-state index in [1.807, 2.05) is 56.3 Å². The van der Waals surface area contributed by atoms with Crippen molar-refractivity contribution < 1.29 is 23.9 Å². The molecule has 1 aliphatic heterocycles. The average molecular weight is 710 g/mol. The highest BCUT2D eigenvalue weighted by atomic mass is 79.9. The minimum absolute atomic E-state index is 0.140. The zero-order valence-corrected chi connectivity index (χ0v) is 28.9. The number of fused-ring (bicyclic) bond motifs is 1. The van der Waals surface area contributed by atoms with Gasteiger partial charge in [-0.25, -0.2) is 4.79 Å². The van der Waals surface area contributed by atoms with Crippen LogP contribution in [0.25, 0.3) is 11.1 Å². The van der Waals surface area contributed by atoms with E-state index in [1.165, 1.54) is 4.90 Å². The highest BCUT2D eigenvalue weighted by Gasteiger charge is 2.36. The molecule has 1 atom stereocenters. The molecule has 0 radical (unpaired) electrons. The molecule has 1 N–H and O–H groups in total. The number of carbonyl (C=O) groups excluding carboxylic acids is 4. The Labute approximate surface area is 288 Å². The molecule has 10 heteroatoms. The molecule has 1 fully saturated rings. The van der Waals surface area contributed by atoms with Crippen molar-refractivity contribution in [3.05, 3.63) is 117 Å². The van der Waals surface area contributed by atoms with Crippen LogP contribution in [-0.4, -0.2) is 59.3 Å². The number of hydrogen-bond acceptors (Lipinski definition) is 6. The number of aryl methyl sites for hydroxylation is 2. The number of esters is 1. The number of likely N-dealkylation sites (N-methyl/N-ethyl adjacent to an activating group) is 1. The lowest BCUT2D eigenvalue weighted by Gasteiger charge is -2.34. The minimum Gasteiger partial charge on any atom is -0.459 e. The van der Waals surface area contributed by atoms with E-state index in [2.05, 4.69) is 26.2 Å². The number of halogens is 1. The summed E-state index contributed by atoms with van der Waals surface area (Å²) in [6.07, 6.45) is 4.61. The molecule has 3 aromatic carbocycles. The number of carbonyl (C=O) groups is 4. The van der Waals surface area contributed by atoms with E-state index in [0.717, 1.165) is 22.3 Å². The van der Waals surface area contributed by atoms with E-state index < -0.39 is 6.04 Å². The van der Waals surface area contributed by atoms with Crippen molar-refractivity contribution >= 4 is 45.3 Å². The SMILES string of the molecule is Cc1ccc(C(=O)OC2CC(CNC(=O)c3cc(Br)cc(CN4C(=O)c5ccc(-c6ccncc6)cc5N(C)C(=O)[C@H]4C)c3)C2)c(C)c1. The zero-order chi connectivity index (χ0) is 34.1. The van der Waals surface area contributed by atoms with Crippen LogP contribution in [0, 0.1) is 19.8 Å². The summed E-state index contributed by atoms with van der Waals surface area (Å²) in [6.45, 7) is 6.21. The van der Waals surface area contributed by atoms with Crippen molar-refractivity contribution in [1.82, 2.24) is 15.2 Å². The van der Waals surface area contributed by atoms with E-state index >= 15 is 0 Å². The lowest BCUT2D eigenvalue weighted by atomic mass is 9.82. The van der Waals surface area contributed by atoms with Gasteiger partial charge in [-0.2, -0.15) is 0 Å². The average Bonchev–Trinajstić information content (AvgIpc) is 3.11. The number of nitrogens with one attached hydrogen (secondary N) is 1. The van der Waals surface area contributed by atoms with Crippen molar-refractivity contribution in [3.8, 4) is 11.1 Å². The van der Waals surface area contributed by atoms with Gasteiger partial charge in [0.05, 0.1) is 16.8 Å². The lowest BCUT2D eigenvalue weighted by molar-refractivity contribution is -0.122. The smallest absolute Gasteiger partial charge is 0.338 e. The summed E-state index contributed by atoms with van der Waals surface area (Å²) < 4.78 is 6.38. The molecule has 246 valence electrons. The van der Waals surface area contributed by atoms with Crippen LogP contribution in [0.15, 0.2) is 83.6 Å². The van der Waals surface area contributed by atoms with Gasteiger partial charge in [0.25, 0.3) is 11.8 Å². The molecule has 2 aliphatic rings. The molecule has 0 saturated heterocycles. The van der Waals surface area contributed by atoms with Crippen molar-refractivity contribution in [1.29, 1.82) is 0 Å². The highest BCUT2D eigenvalue weighted by molar-refractivity contribution is 9.10.